The first-order valence-electron chi connectivity index (χ1n) is 9.10. The molecule has 7 nitrogen and oxygen atoms in total. The van der Waals surface area contributed by atoms with Gasteiger partial charge in [0.05, 0.1) is 24.3 Å². The van der Waals surface area contributed by atoms with E-state index >= 15 is 0 Å². The molecular weight excluding hydrogens is 426 g/mol. The molecule has 1 unspecified atom stereocenters. The van der Waals surface area contributed by atoms with Gasteiger partial charge in [0, 0.05) is 5.02 Å². The number of anilines is 1. The fraction of sp³-hybridized carbons (Fsp3) is 0.238. The molecule has 0 saturated carbocycles. The van der Waals surface area contributed by atoms with E-state index in [2.05, 4.69) is 10.6 Å². The maximum absolute atomic E-state index is 12.4. The number of nitrogens with zero attached hydrogens (tertiary/aromatic N) is 1. The minimum absolute atomic E-state index is 0.0704. The number of rotatable bonds is 8. The molecule has 0 radical (unpaired) electrons. The molecule has 1 fully saturated rings. The van der Waals surface area contributed by atoms with Gasteiger partial charge in [0.25, 0.3) is 5.91 Å². The van der Waals surface area contributed by atoms with Crippen LogP contribution >= 0.6 is 23.4 Å². The monoisotopic (exact) mass is 445 g/mol. The molecule has 1 atom stereocenters. The zero-order valence-corrected chi connectivity index (χ0v) is 18.0. The first kappa shape index (κ1) is 21.7. The third-order valence-electron chi connectivity index (χ3n) is 4.04. The molecule has 0 spiro atoms. The molecule has 2 aromatic rings. The molecule has 1 aliphatic rings. The molecule has 2 aromatic carbocycles. The van der Waals surface area contributed by atoms with Crippen LogP contribution in [0, 0.1) is 11.3 Å². The minimum atomic E-state index is -0.374. The number of thioether (sulfide) groups is 1. The Morgan fingerprint density at radius 2 is 2.03 bits per heavy atom. The van der Waals surface area contributed by atoms with Gasteiger partial charge in [0.15, 0.2) is 23.6 Å². The van der Waals surface area contributed by atoms with Crippen molar-refractivity contribution in [1.82, 2.24) is 5.32 Å². The Kier molecular flexibility index (Phi) is 7.33. The van der Waals surface area contributed by atoms with Crippen LogP contribution in [0.25, 0.3) is 6.08 Å². The quantitative estimate of drug-likeness (QED) is 0.586. The zero-order chi connectivity index (χ0) is 21.5. The number of methoxy groups -OCH3 is 1. The second-order valence-electron chi connectivity index (χ2n) is 6.05. The Bertz CT molecular complexity index is 1010. The van der Waals surface area contributed by atoms with Crippen LogP contribution in [0.2, 0.25) is 5.02 Å². The molecule has 1 amide bonds. The Morgan fingerprint density at radius 3 is 2.77 bits per heavy atom. The number of hydrogen-bond acceptors (Lipinski definition) is 7. The standard InChI is InChI=1S/C21H20ClN3O4S/c1-3-28-18-10-13(4-6-17(18)29-9-8-23)11-19-20(26)25-21(30-19)24-15-12-14(22)5-7-16(15)27-2/h4-7,10-12,21,24H,3,9H2,1-2H3,(H,25,26)/b19-11-. The van der Waals surface area contributed by atoms with Crippen molar-refractivity contribution in [1.29, 1.82) is 5.26 Å². The summed E-state index contributed by atoms with van der Waals surface area (Å²) in [5, 5.41) is 15.4. The highest BCUT2D eigenvalue weighted by Gasteiger charge is 2.28. The number of halogens is 1. The van der Waals surface area contributed by atoms with Crippen LogP contribution in [0.4, 0.5) is 5.69 Å². The summed E-state index contributed by atoms with van der Waals surface area (Å²) in [6, 6.07) is 12.5. The number of nitriles is 1. The van der Waals surface area contributed by atoms with E-state index in [0.717, 1.165) is 5.56 Å². The number of hydrogen-bond donors (Lipinski definition) is 2. The van der Waals surface area contributed by atoms with Crippen LogP contribution in [0.1, 0.15) is 12.5 Å². The SMILES string of the molecule is CCOc1cc(/C=C2\SC(Nc3cc(Cl)ccc3OC)NC2=O)ccc1OCC#N. The molecule has 0 bridgehead atoms. The third kappa shape index (κ3) is 5.32. The van der Waals surface area contributed by atoms with Crippen molar-refractivity contribution in [3.8, 4) is 23.3 Å². The number of benzene rings is 2. The summed E-state index contributed by atoms with van der Waals surface area (Å²) in [7, 11) is 1.57. The highest BCUT2D eigenvalue weighted by molar-refractivity contribution is 8.05. The first-order chi connectivity index (χ1) is 14.5. The van der Waals surface area contributed by atoms with Gasteiger partial charge in [-0.15, -0.1) is 0 Å². The van der Waals surface area contributed by atoms with Crippen LogP contribution in [0.5, 0.6) is 17.2 Å². The zero-order valence-electron chi connectivity index (χ0n) is 16.4. The van der Waals surface area contributed by atoms with E-state index in [-0.39, 0.29) is 18.0 Å². The lowest BCUT2D eigenvalue weighted by molar-refractivity contribution is -0.116. The average Bonchev–Trinajstić information content (AvgIpc) is 3.06. The van der Waals surface area contributed by atoms with E-state index in [4.69, 9.17) is 31.1 Å². The smallest absolute Gasteiger partial charge is 0.260 e. The Morgan fingerprint density at radius 1 is 1.23 bits per heavy atom. The van der Waals surface area contributed by atoms with Crippen molar-refractivity contribution in [3.05, 3.63) is 51.9 Å². The lowest BCUT2D eigenvalue weighted by atomic mass is 10.2. The van der Waals surface area contributed by atoms with E-state index in [1.165, 1.54) is 11.8 Å². The van der Waals surface area contributed by atoms with Crippen molar-refractivity contribution in [2.75, 3.05) is 25.6 Å². The summed E-state index contributed by atoms with van der Waals surface area (Å²) in [6.45, 7) is 2.24. The predicted octanol–water partition coefficient (Wildman–Crippen LogP) is 4.25. The third-order valence-corrected chi connectivity index (χ3v) is 5.30. The Labute approximate surface area is 183 Å². The molecule has 0 aliphatic carbocycles. The average molecular weight is 446 g/mol. The van der Waals surface area contributed by atoms with E-state index in [0.29, 0.717) is 39.5 Å². The largest absolute Gasteiger partial charge is 0.495 e. The van der Waals surface area contributed by atoms with Gasteiger partial charge in [-0.2, -0.15) is 5.26 Å². The summed E-state index contributed by atoms with van der Waals surface area (Å²) < 4.78 is 16.3. The van der Waals surface area contributed by atoms with Crippen molar-refractivity contribution < 1.29 is 19.0 Å². The molecule has 3 rings (SSSR count). The first-order valence-corrected chi connectivity index (χ1v) is 10.4. The van der Waals surface area contributed by atoms with E-state index in [1.807, 2.05) is 13.0 Å². The van der Waals surface area contributed by atoms with Gasteiger partial charge in [0.1, 0.15) is 11.8 Å². The fourth-order valence-corrected chi connectivity index (χ4v) is 3.91. The van der Waals surface area contributed by atoms with Crippen molar-refractivity contribution in [2.24, 2.45) is 0 Å². The van der Waals surface area contributed by atoms with Gasteiger partial charge in [-0.05, 0) is 48.9 Å². The van der Waals surface area contributed by atoms with Crippen LogP contribution in [-0.2, 0) is 4.79 Å². The summed E-state index contributed by atoms with van der Waals surface area (Å²) in [6.07, 6.45) is 1.77. The molecule has 1 saturated heterocycles. The van der Waals surface area contributed by atoms with Gasteiger partial charge < -0.3 is 24.8 Å². The highest BCUT2D eigenvalue weighted by atomic mass is 35.5. The van der Waals surface area contributed by atoms with Crippen molar-refractivity contribution in [2.45, 2.75) is 12.4 Å². The molecule has 2 N–H and O–H groups in total. The maximum Gasteiger partial charge on any atom is 0.260 e. The van der Waals surface area contributed by atoms with Crippen LogP contribution in [0.15, 0.2) is 41.3 Å². The summed E-state index contributed by atoms with van der Waals surface area (Å²) in [5.74, 6) is 1.43. The van der Waals surface area contributed by atoms with Gasteiger partial charge in [0.2, 0.25) is 0 Å². The molecule has 1 aliphatic heterocycles. The summed E-state index contributed by atoms with van der Waals surface area (Å²) in [4.78, 5) is 13.0. The highest BCUT2D eigenvalue weighted by Crippen LogP contribution is 2.35. The lowest BCUT2D eigenvalue weighted by Crippen LogP contribution is -2.31. The van der Waals surface area contributed by atoms with Crippen molar-refractivity contribution >= 4 is 41.0 Å². The molecule has 0 aromatic heterocycles. The number of amides is 1. The number of ether oxygens (including phenoxy) is 3. The van der Waals surface area contributed by atoms with Gasteiger partial charge in [-0.1, -0.05) is 29.4 Å². The second-order valence-corrected chi connectivity index (χ2v) is 7.64. The predicted molar refractivity (Wildman–Crippen MR) is 118 cm³/mol. The van der Waals surface area contributed by atoms with E-state index < -0.39 is 0 Å². The van der Waals surface area contributed by atoms with Crippen molar-refractivity contribution in [3.63, 3.8) is 0 Å². The fourth-order valence-electron chi connectivity index (χ4n) is 2.76. The van der Waals surface area contributed by atoms with Crippen LogP contribution in [-0.4, -0.2) is 31.7 Å². The lowest BCUT2D eigenvalue weighted by Gasteiger charge is -2.15. The molecular formula is C21H20ClN3O4S. The molecule has 156 valence electrons. The van der Waals surface area contributed by atoms with Crippen LogP contribution < -0.4 is 24.8 Å². The minimum Gasteiger partial charge on any atom is -0.495 e. The molecule has 1 heterocycles. The van der Waals surface area contributed by atoms with Gasteiger partial charge in [-0.3, -0.25) is 4.79 Å². The second kappa shape index (κ2) is 10.1. The van der Waals surface area contributed by atoms with E-state index in [9.17, 15) is 4.79 Å². The van der Waals surface area contributed by atoms with Gasteiger partial charge in [-0.25, -0.2) is 0 Å². The normalized spacial score (nSPS) is 16.7. The van der Waals surface area contributed by atoms with Gasteiger partial charge >= 0.3 is 0 Å². The van der Waals surface area contributed by atoms with Crippen LogP contribution in [0.3, 0.4) is 0 Å². The molecule has 30 heavy (non-hydrogen) atoms. The Balaban J connectivity index is 1.77. The number of carbonyl (C=O) groups is 1. The summed E-state index contributed by atoms with van der Waals surface area (Å²) >= 11 is 7.41. The number of nitrogens with one attached hydrogen (secondary N) is 2. The maximum atomic E-state index is 12.4. The summed E-state index contributed by atoms with van der Waals surface area (Å²) in [5.41, 5.74) is 1.09. The molecule has 9 heteroatoms. The Hall–Kier alpha value is -3.02. The van der Waals surface area contributed by atoms with E-state index in [1.54, 1.807) is 49.6 Å². The topological polar surface area (TPSA) is 92.6 Å². The number of carbonyl (C=O) groups excluding carboxylic acids is 1.